The van der Waals surface area contributed by atoms with Crippen molar-refractivity contribution in [2.45, 2.75) is 13.5 Å². The maximum Gasteiger partial charge on any atom is 0.225 e. The van der Waals surface area contributed by atoms with Gasteiger partial charge in [-0.2, -0.15) is 4.98 Å². The lowest BCUT2D eigenvalue weighted by molar-refractivity contribution is 0.293. The Labute approximate surface area is 113 Å². The summed E-state index contributed by atoms with van der Waals surface area (Å²) in [5.41, 5.74) is 1.86. The molecule has 0 amide bonds. The van der Waals surface area contributed by atoms with Crippen LogP contribution >= 0.6 is 27.5 Å². The smallest absolute Gasteiger partial charge is 0.225 e. The SMILES string of the molecule is Cc1cc(OCc2ccc(Br)cc2)nc(Cl)n1. The molecule has 0 saturated heterocycles. The summed E-state index contributed by atoms with van der Waals surface area (Å²) in [7, 11) is 0. The summed E-state index contributed by atoms with van der Waals surface area (Å²) < 4.78 is 6.59. The van der Waals surface area contributed by atoms with Gasteiger partial charge in [0.15, 0.2) is 0 Å². The number of hydrogen-bond acceptors (Lipinski definition) is 3. The highest BCUT2D eigenvalue weighted by Gasteiger charge is 2.01. The highest BCUT2D eigenvalue weighted by atomic mass is 79.9. The van der Waals surface area contributed by atoms with E-state index in [1.165, 1.54) is 0 Å². The van der Waals surface area contributed by atoms with E-state index in [-0.39, 0.29) is 5.28 Å². The Kier molecular flexibility index (Phi) is 3.97. The van der Waals surface area contributed by atoms with E-state index in [4.69, 9.17) is 16.3 Å². The van der Waals surface area contributed by atoms with E-state index in [0.717, 1.165) is 15.7 Å². The Morgan fingerprint density at radius 2 is 1.94 bits per heavy atom. The molecular weight excluding hydrogens is 304 g/mol. The van der Waals surface area contributed by atoms with E-state index in [1.807, 2.05) is 31.2 Å². The summed E-state index contributed by atoms with van der Waals surface area (Å²) >= 11 is 9.13. The van der Waals surface area contributed by atoms with Crippen molar-refractivity contribution in [1.29, 1.82) is 0 Å². The van der Waals surface area contributed by atoms with Gasteiger partial charge in [-0.3, -0.25) is 0 Å². The van der Waals surface area contributed by atoms with E-state index < -0.39 is 0 Å². The van der Waals surface area contributed by atoms with Crippen LogP contribution < -0.4 is 4.74 Å². The topological polar surface area (TPSA) is 35.0 Å². The second kappa shape index (κ2) is 5.47. The van der Waals surface area contributed by atoms with Gasteiger partial charge in [0.1, 0.15) is 6.61 Å². The molecule has 0 unspecified atom stereocenters. The first-order valence-corrected chi connectivity index (χ1v) is 6.19. The quantitative estimate of drug-likeness (QED) is 0.809. The van der Waals surface area contributed by atoms with Crippen molar-refractivity contribution < 1.29 is 4.74 Å². The first-order valence-electron chi connectivity index (χ1n) is 5.02. The number of rotatable bonds is 3. The lowest BCUT2D eigenvalue weighted by Crippen LogP contribution is -1.99. The van der Waals surface area contributed by atoms with Gasteiger partial charge in [-0.05, 0) is 36.2 Å². The average Bonchev–Trinajstić information content (AvgIpc) is 2.27. The van der Waals surface area contributed by atoms with Crippen LogP contribution in [0.1, 0.15) is 11.3 Å². The Balaban J connectivity index is 2.04. The van der Waals surface area contributed by atoms with Gasteiger partial charge in [-0.1, -0.05) is 28.1 Å². The number of nitrogens with zero attached hydrogens (tertiary/aromatic N) is 2. The van der Waals surface area contributed by atoms with Crippen molar-refractivity contribution in [3.8, 4) is 5.88 Å². The van der Waals surface area contributed by atoms with Crippen molar-refractivity contribution in [2.75, 3.05) is 0 Å². The van der Waals surface area contributed by atoms with E-state index in [2.05, 4.69) is 25.9 Å². The van der Waals surface area contributed by atoms with Gasteiger partial charge in [-0.15, -0.1) is 0 Å². The fourth-order valence-corrected chi connectivity index (χ4v) is 1.80. The van der Waals surface area contributed by atoms with E-state index in [0.29, 0.717) is 12.5 Å². The summed E-state index contributed by atoms with van der Waals surface area (Å²) in [6, 6.07) is 9.66. The minimum atomic E-state index is 0.204. The molecule has 1 aromatic carbocycles. The minimum Gasteiger partial charge on any atom is -0.473 e. The molecule has 88 valence electrons. The van der Waals surface area contributed by atoms with Gasteiger partial charge in [0.25, 0.3) is 0 Å². The van der Waals surface area contributed by atoms with Crippen LogP contribution in [-0.4, -0.2) is 9.97 Å². The fourth-order valence-electron chi connectivity index (χ4n) is 1.32. The second-order valence-corrected chi connectivity index (χ2v) is 4.79. The number of aromatic nitrogens is 2. The molecule has 5 heteroatoms. The lowest BCUT2D eigenvalue weighted by Gasteiger charge is -2.06. The highest BCUT2D eigenvalue weighted by Crippen LogP contribution is 2.15. The fraction of sp³-hybridized carbons (Fsp3) is 0.167. The van der Waals surface area contributed by atoms with Gasteiger partial charge in [0, 0.05) is 16.2 Å². The van der Waals surface area contributed by atoms with Crippen LogP contribution in [-0.2, 0) is 6.61 Å². The third-order valence-electron chi connectivity index (χ3n) is 2.10. The minimum absolute atomic E-state index is 0.204. The number of ether oxygens (including phenoxy) is 1. The van der Waals surface area contributed by atoms with Crippen LogP contribution in [0.25, 0.3) is 0 Å². The molecule has 1 aromatic heterocycles. The molecule has 0 radical (unpaired) electrons. The summed E-state index contributed by atoms with van der Waals surface area (Å²) in [5.74, 6) is 0.491. The molecule has 0 spiro atoms. The Morgan fingerprint density at radius 3 is 2.59 bits per heavy atom. The van der Waals surface area contributed by atoms with Crippen LogP contribution in [0.3, 0.4) is 0 Å². The maximum atomic E-state index is 5.74. The standard InChI is InChI=1S/C12H10BrClN2O/c1-8-6-11(16-12(14)15-8)17-7-9-2-4-10(13)5-3-9/h2-6H,7H2,1H3. The number of aryl methyl sites for hydroxylation is 1. The molecule has 0 aliphatic heterocycles. The van der Waals surface area contributed by atoms with Crippen LogP contribution in [0.5, 0.6) is 5.88 Å². The van der Waals surface area contributed by atoms with Gasteiger partial charge < -0.3 is 4.74 Å². The summed E-state index contributed by atoms with van der Waals surface area (Å²) in [6.07, 6.45) is 0. The Bertz CT molecular complexity index is 496. The third kappa shape index (κ3) is 3.68. The van der Waals surface area contributed by atoms with Gasteiger partial charge in [0.2, 0.25) is 11.2 Å². The normalized spacial score (nSPS) is 10.3. The Morgan fingerprint density at radius 1 is 1.24 bits per heavy atom. The predicted molar refractivity (Wildman–Crippen MR) is 70.3 cm³/mol. The van der Waals surface area contributed by atoms with Crippen molar-refractivity contribution in [3.63, 3.8) is 0 Å². The van der Waals surface area contributed by atoms with Crippen LogP contribution in [0.4, 0.5) is 0 Å². The predicted octanol–water partition coefficient (Wildman–Crippen LogP) is 3.78. The molecule has 1 heterocycles. The van der Waals surface area contributed by atoms with E-state index >= 15 is 0 Å². The van der Waals surface area contributed by atoms with Gasteiger partial charge in [-0.25, -0.2) is 4.98 Å². The molecular formula is C12H10BrClN2O. The largest absolute Gasteiger partial charge is 0.473 e. The zero-order valence-corrected chi connectivity index (χ0v) is 11.5. The van der Waals surface area contributed by atoms with E-state index in [9.17, 15) is 0 Å². The monoisotopic (exact) mass is 312 g/mol. The number of hydrogen-bond donors (Lipinski definition) is 0. The number of halogens is 2. The number of benzene rings is 1. The Hall–Kier alpha value is -1.13. The molecule has 0 bridgehead atoms. The second-order valence-electron chi connectivity index (χ2n) is 3.53. The van der Waals surface area contributed by atoms with Gasteiger partial charge >= 0.3 is 0 Å². The van der Waals surface area contributed by atoms with Gasteiger partial charge in [0.05, 0.1) is 0 Å². The summed E-state index contributed by atoms with van der Waals surface area (Å²) in [6.45, 7) is 2.31. The van der Waals surface area contributed by atoms with Crippen LogP contribution in [0.15, 0.2) is 34.8 Å². The first-order chi connectivity index (χ1) is 8.13. The van der Waals surface area contributed by atoms with Crippen molar-refractivity contribution in [1.82, 2.24) is 9.97 Å². The highest BCUT2D eigenvalue weighted by molar-refractivity contribution is 9.10. The van der Waals surface area contributed by atoms with Crippen molar-refractivity contribution in [2.24, 2.45) is 0 Å². The molecule has 0 fully saturated rings. The molecule has 2 aromatic rings. The van der Waals surface area contributed by atoms with Crippen LogP contribution in [0.2, 0.25) is 5.28 Å². The zero-order chi connectivity index (χ0) is 12.3. The van der Waals surface area contributed by atoms with Crippen molar-refractivity contribution in [3.05, 3.63) is 51.3 Å². The lowest BCUT2D eigenvalue weighted by atomic mass is 10.2. The molecule has 0 aliphatic carbocycles. The molecule has 0 N–H and O–H groups in total. The third-order valence-corrected chi connectivity index (χ3v) is 2.80. The van der Waals surface area contributed by atoms with E-state index in [1.54, 1.807) is 6.07 Å². The summed E-state index contributed by atoms with van der Waals surface area (Å²) in [4.78, 5) is 7.96. The van der Waals surface area contributed by atoms with Crippen LogP contribution in [0, 0.1) is 6.92 Å². The summed E-state index contributed by atoms with van der Waals surface area (Å²) in [5, 5.41) is 0.204. The zero-order valence-electron chi connectivity index (χ0n) is 9.15. The molecule has 3 nitrogen and oxygen atoms in total. The van der Waals surface area contributed by atoms with Crippen molar-refractivity contribution >= 4 is 27.5 Å². The molecule has 0 atom stereocenters. The maximum absolute atomic E-state index is 5.74. The average molecular weight is 314 g/mol. The first kappa shape index (κ1) is 12.3. The molecule has 2 rings (SSSR count). The molecule has 17 heavy (non-hydrogen) atoms. The molecule has 0 saturated carbocycles. The molecule has 0 aliphatic rings.